The standard InChI is InChI=1S/C14H30N2/c1-6-12-7-8-14(9-12,10-15)16(5)11-13(2,3)4/h12H,6-11,15H2,1-5H3. The topological polar surface area (TPSA) is 29.3 Å². The van der Waals surface area contributed by atoms with E-state index in [1.807, 2.05) is 0 Å². The van der Waals surface area contributed by atoms with Crippen molar-refractivity contribution in [3.05, 3.63) is 0 Å². The largest absolute Gasteiger partial charge is 0.329 e. The van der Waals surface area contributed by atoms with E-state index in [-0.39, 0.29) is 5.54 Å². The molecule has 0 heterocycles. The van der Waals surface area contributed by atoms with Crippen LogP contribution >= 0.6 is 0 Å². The van der Waals surface area contributed by atoms with Gasteiger partial charge in [-0.3, -0.25) is 4.90 Å². The lowest BCUT2D eigenvalue weighted by atomic mass is 9.89. The molecule has 2 heteroatoms. The van der Waals surface area contributed by atoms with Gasteiger partial charge in [0.15, 0.2) is 0 Å². The zero-order valence-electron chi connectivity index (χ0n) is 11.8. The van der Waals surface area contributed by atoms with Gasteiger partial charge in [-0.05, 0) is 37.6 Å². The fraction of sp³-hybridized carbons (Fsp3) is 1.00. The van der Waals surface area contributed by atoms with Gasteiger partial charge in [-0.25, -0.2) is 0 Å². The Hall–Kier alpha value is -0.0800. The molecule has 0 aromatic carbocycles. The predicted molar refractivity (Wildman–Crippen MR) is 71.5 cm³/mol. The van der Waals surface area contributed by atoms with Gasteiger partial charge in [0.2, 0.25) is 0 Å². The molecule has 0 saturated heterocycles. The number of likely N-dealkylation sites (N-methyl/N-ethyl adjacent to an activating group) is 1. The van der Waals surface area contributed by atoms with Crippen molar-refractivity contribution in [3.8, 4) is 0 Å². The molecule has 1 fully saturated rings. The average Bonchev–Trinajstić information content (AvgIpc) is 2.59. The highest BCUT2D eigenvalue weighted by molar-refractivity contribution is 4.98. The molecule has 2 N–H and O–H groups in total. The van der Waals surface area contributed by atoms with Crippen LogP contribution < -0.4 is 5.73 Å². The van der Waals surface area contributed by atoms with Gasteiger partial charge in [-0.15, -0.1) is 0 Å². The summed E-state index contributed by atoms with van der Waals surface area (Å²) in [5.74, 6) is 0.894. The zero-order chi connectivity index (χ0) is 12.4. The summed E-state index contributed by atoms with van der Waals surface area (Å²) in [5.41, 5.74) is 6.71. The van der Waals surface area contributed by atoms with E-state index in [9.17, 15) is 0 Å². The van der Waals surface area contributed by atoms with Crippen molar-refractivity contribution >= 4 is 0 Å². The molecular weight excluding hydrogens is 196 g/mol. The Morgan fingerprint density at radius 3 is 2.38 bits per heavy atom. The van der Waals surface area contributed by atoms with E-state index in [0.717, 1.165) is 19.0 Å². The fourth-order valence-corrected chi connectivity index (χ4v) is 3.13. The van der Waals surface area contributed by atoms with E-state index in [4.69, 9.17) is 5.73 Å². The second-order valence-electron chi connectivity index (χ2n) is 6.86. The quantitative estimate of drug-likeness (QED) is 0.798. The number of nitrogens with two attached hydrogens (primary N) is 1. The van der Waals surface area contributed by atoms with Gasteiger partial charge in [-0.2, -0.15) is 0 Å². The molecular formula is C14H30N2. The van der Waals surface area contributed by atoms with Crippen molar-refractivity contribution < 1.29 is 0 Å². The summed E-state index contributed by atoms with van der Waals surface area (Å²) >= 11 is 0. The highest BCUT2D eigenvalue weighted by Gasteiger charge is 2.41. The van der Waals surface area contributed by atoms with Gasteiger partial charge in [0.05, 0.1) is 0 Å². The maximum Gasteiger partial charge on any atom is 0.0331 e. The lowest BCUT2D eigenvalue weighted by molar-refractivity contribution is 0.0872. The van der Waals surface area contributed by atoms with Crippen molar-refractivity contribution in [2.45, 2.75) is 58.9 Å². The Morgan fingerprint density at radius 2 is 2.00 bits per heavy atom. The summed E-state index contributed by atoms with van der Waals surface area (Å²) in [7, 11) is 2.26. The summed E-state index contributed by atoms with van der Waals surface area (Å²) in [5, 5.41) is 0. The van der Waals surface area contributed by atoms with Crippen LogP contribution in [0.15, 0.2) is 0 Å². The van der Waals surface area contributed by atoms with Crippen LogP contribution in [0.4, 0.5) is 0 Å². The fourth-order valence-electron chi connectivity index (χ4n) is 3.13. The first-order valence-corrected chi connectivity index (χ1v) is 6.74. The minimum atomic E-state index is 0.286. The average molecular weight is 226 g/mol. The van der Waals surface area contributed by atoms with Gasteiger partial charge in [-0.1, -0.05) is 34.1 Å². The number of rotatable bonds is 4. The second-order valence-corrected chi connectivity index (χ2v) is 6.86. The lowest BCUT2D eigenvalue weighted by Crippen LogP contribution is -2.52. The molecule has 16 heavy (non-hydrogen) atoms. The van der Waals surface area contributed by atoms with Crippen LogP contribution in [0.2, 0.25) is 0 Å². The Kier molecular flexibility index (Phi) is 4.42. The monoisotopic (exact) mass is 226 g/mol. The third-order valence-electron chi connectivity index (χ3n) is 4.17. The molecule has 0 spiro atoms. The van der Waals surface area contributed by atoms with Gasteiger partial charge in [0, 0.05) is 18.6 Å². The van der Waals surface area contributed by atoms with Crippen LogP contribution in [0, 0.1) is 11.3 Å². The summed E-state index contributed by atoms with van der Waals surface area (Å²) in [6.45, 7) is 11.2. The number of hydrogen-bond donors (Lipinski definition) is 1. The SMILES string of the molecule is CCC1CCC(CN)(N(C)CC(C)(C)C)C1. The van der Waals surface area contributed by atoms with Crippen LogP contribution in [-0.4, -0.2) is 30.6 Å². The third kappa shape index (κ3) is 3.21. The summed E-state index contributed by atoms with van der Waals surface area (Å²) in [6, 6.07) is 0. The molecule has 1 rings (SSSR count). The van der Waals surface area contributed by atoms with Crippen LogP contribution in [-0.2, 0) is 0 Å². The Morgan fingerprint density at radius 1 is 1.38 bits per heavy atom. The molecule has 0 aromatic heterocycles. The van der Waals surface area contributed by atoms with Gasteiger partial charge < -0.3 is 5.73 Å². The minimum Gasteiger partial charge on any atom is -0.329 e. The van der Waals surface area contributed by atoms with Crippen LogP contribution in [0.25, 0.3) is 0 Å². The highest BCUT2D eigenvalue weighted by atomic mass is 15.2. The molecule has 1 saturated carbocycles. The van der Waals surface area contributed by atoms with Crippen molar-refractivity contribution in [3.63, 3.8) is 0 Å². The molecule has 0 aliphatic heterocycles. The van der Waals surface area contributed by atoms with Crippen LogP contribution in [0.5, 0.6) is 0 Å². The smallest absolute Gasteiger partial charge is 0.0331 e. The Labute approximate surface area is 102 Å². The Balaban J connectivity index is 2.67. The number of hydrogen-bond acceptors (Lipinski definition) is 2. The molecule has 0 amide bonds. The van der Waals surface area contributed by atoms with E-state index >= 15 is 0 Å². The summed E-state index contributed by atoms with van der Waals surface area (Å²) in [4.78, 5) is 2.53. The van der Waals surface area contributed by atoms with Crippen LogP contribution in [0.3, 0.4) is 0 Å². The van der Waals surface area contributed by atoms with E-state index in [2.05, 4.69) is 39.6 Å². The van der Waals surface area contributed by atoms with Crippen molar-refractivity contribution in [1.29, 1.82) is 0 Å². The molecule has 0 aromatic rings. The van der Waals surface area contributed by atoms with Gasteiger partial charge >= 0.3 is 0 Å². The molecule has 96 valence electrons. The molecule has 2 nitrogen and oxygen atoms in total. The van der Waals surface area contributed by atoms with Crippen LogP contribution in [0.1, 0.15) is 53.4 Å². The van der Waals surface area contributed by atoms with Crippen molar-refractivity contribution in [2.75, 3.05) is 20.1 Å². The van der Waals surface area contributed by atoms with E-state index < -0.39 is 0 Å². The van der Waals surface area contributed by atoms with Gasteiger partial charge in [0.1, 0.15) is 0 Å². The molecule has 2 unspecified atom stereocenters. The predicted octanol–water partition coefficient (Wildman–Crippen LogP) is 2.87. The highest BCUT2D eigenvalue weighted by Crippen LogP contribution is 2.40. The molecule has 1 aliphatic rings. The zero-order valence-corrected chi connectivity index (χ0v) is 11.8. The molecule has 0 bridgehead atoms. The second kappa shape index (κ2) is 5.05. The first-order valence-electron chi connectivity index (χ1n) is 6.74. The van der Waals surface area contributed by atoms with Crippen molar-refractivity contribution in [2.24, 2.45) is 17.1 Å². The first kappa shape index (κ1) is 14.0. The molecule has 0 radical (unpaired) electrons. The minimum absolute atomic E-state index is 0.286. The maximum atomic E-state index is 6.06. The maximum absolute atomic E-state index is 6.06. The van der Waals surface area contributed by atoms with E-state index in [0.29, 0.717) is 5.41 Å². The molecule has 2 atom stereocenters. The third-order valence-corrected chi connectivity index (χ3v) is 4.17. The Bertz CT molecular complexity index is 219. The number of nitrogens with zero attached hydrogens (tertiary/aromatic N) is 1. The lowest BCUT2D eigenvalue weighted by Gasteiger charge is -2.41. The normalized spacial score (nSPS) is 31.3. The van der Waals surface area contributed by atoms with Crippen molar-refractivity contribution in [1.82, 2.24) is 4.90 Å². The van der Waals surface area contributed by atoms with E-state index in [1.165, 1.54) is 25.7 Å². The van der Waals surface area contributed by atoms with E-state index in [1.54, 1.807) is 0 Å². The summed E-state index contributed by atoms with van der Waals surface area (Å²) < 4.78 is 0. The summed E-state index contributed by atoms with van der Waals surface area (Å²) in [6.07, 6.45) is 5.26. The molecule has 1 aliphatic carbocycles. The first-order chi connectivity index (χ1) is 7.33. The van der Waals surface area contributed by atoms with Gasteiger partial charge in [0.25, 0.3) is 0 Å².